The molecule has 0 radical (unpaired) electrons. The fraction of sp³-hybridized carbons (Fsp3) is 0.364. The van der Waals surface area contributed by atoms with Crippen LogP contribution in [-0.4, -0.2) is 25.2 Å². The Hall–Kier alpha value is -1.62. The molecule has 1 aromatic rings. The largest absolute Gasteiger partial charge is 0.475 e. The van der Waals surface area contributed by atoms with E-state index in [1.54, 1.807) is 19.1 Å². The number of carbonyl (C=O) groups excluding carboxylic acids is 1. The molecule has 0 bridgehead atoms. The standard InChI is InChI=1S/C11H13ClN2O3/c1-2-16-11(15)10-5-14-8-3-6(12)7(13)4-9(8)17-10/h3-4,10,14H,2,5,13H2,1H3. The maximum atomic E-state index is 11.5. The summed E-state index contributed by atoms with van der Waals surface area (Å²) in [4.78, 5) is 11.5. The second kappa shape index (κ2) is 4.71. The van der Waals surface area contributed by atoms with Crippen LogP contribution in [0.1, 0.15) is 6.92 Å². The number of halogens is 1. The second-order valence-electron chi connectivity index (χ2n) is 3.61. The lowest BCUT2D eigenvalue weighted by atomic mass is 10.2. The van der Waals surface area contributed by atoms with Gasteiger partial charge in [0.25, 0.3) is 0 Å². The summed E-state index contributed by atoms with van der Waals surface area (Å²) in [7, 11) is 0. The van der Waals surface area contributed by atoms with Gasteiger partial charge in [0.1, 0.15) is 5.75 Å². The van der Waals surface area contributed by atoms with Gasteiger partial charge in [0.15, 0.2) is 0 Å². The Morgan fingerprint density at radius 2 is 2.47 bits per heavy atom. The molecule has 1 atom stereocenters. The summed E-state index contributed by atoms with van der Waals surface area (Å²) in [5, 5.41) is 3.51. The molecule has 5 nitrogen and oxygen atoms in total. The maximum Gasteiger partial charge on any atom is 0.349 e. The minimum Gasteiger partial charge on any atom is -0.475 e. The van der Waals surface area contributed by atoms with Crippen LogP contribution in [0.25, 0.3) is 0 Å². The molecule has 0 amide bonds. The number of hydrogen-bond acceptors (Lipinski definition) is 5. The first-order valence-corrected chi connectivity index (χ1v) is 5.65. The average Bonchev–Trinajstić information content (AvgIpc) is 2.30. The molecule has 1 aliphatic rings. The quantitative estimate of drug-likeness (QED) is 0.622. The first-order valence-electron chi connectivity index (χ1n) is 5.28. The summed E-state index contributed by atoms with van der Waals surface area (Å²) in [6.45, 7) is 2.43. The molecular weight excluding hydrogens is 244 g/mol. The van der Waals surface area contributed by atoms with Gasteiger partial charge in [-0.2, -0.15) is 0 Å². The first-order chi connectivity index (χ1) is 8.11. The van der Waals surface area contributed by atoms with Crippen molar-refractivity contribution in [2.75, 3.05) is 24.2 Å². The number of nitrogens with two attached hydrogens (primary N) is 1. The summed E-state index contributed by atoms with van der Waals surface area (Å²) < 4.78 is 10.4. The summed E-state index contributed by atoms with van der Waals surface area (Å²) in [6, 6.07) is 3.27. The molecule has 92 valence electrons. The van der Waals surface area contributed by atoms with E-state index in [1.165, 1.54) is 0 Å². The molecular formula is C11H13ClN2O3. The van der Waals surface area contributed by atoms with E-state index < -0.39 is 6.10 Å². The number of esters is 1. The third-order valence-electron chi connectivity index (χ3n) is 2.40. The van der Waals surface area contributed by atoms with Gasteiger partial charge in [-0.25, -0.2) is 4.79 Å². The van der Waals surface area contributed by atoms with Gasteiger partial charge < -0.3 is 20.5 Å². The van der Waals surface area contributed by atoms with Crippen molar-refractivity contribution < 1.29 is 14.3 Å². The van der Waals surface area contributed by atoms with E-state index in [0.717, 1.165) is 5.69 Å². The van der Waals surface area contributed by atoms with Gasteiger partial charge in [-0.3, -0.25) is 0 Å². The first kappa shape index (κ1) is 11.9. The number of carbonyl (C=O) groups is 1. The molecule has 1 aliphatic heterocycles. The number of anilines is 2. The Kier molecular flexibility index (Phi) is 3.28. The van der Waals surface area contributed by atoms with Crippen molar-refractivity contribution in [1.82, 2.24) is 0 Å². The second-order valence-corrected chi connectivity index (χ2v) is 4.02. The fourth-order valence-electron chi connectivity index (χ4n) is 1.57. The van der Waals surface area contributed by atoms with E-state index in [9.17, 15) is 4.79 Å². The Morgan fingerprint density at radius 3 is 3.18 bits per heavy atom. The Morgan fingerprint density at radius 1 is 1.71 bits per heavy atom. The highest BCUT2D eigenvalue weighted by Crippen LogP contribution is 2.35. The highest BCUT2D eigenvalue weighted by Gasteiger charge is 2.27. The molecule has 3 N–H and O–H groups in total. The van der Waals surface area contributed by atoms with Gasteiger partial charge in [-0.1, -0.05) is 11.6 Å². The molecule has 1 aromatic carbocycles. The van der Waals surface area contributed by atoms with Crippen molar-refractivity contribution in [3.05, 3.63) is 17.2 Å². The van der Waals surface area contributed by atoms with Crippen molar-refractivity contribution in [2.24, 2.45) is 0 Å². The normalized spacial score (nSPS) is 17.6. The number of nitrogen functional groups attached to an aromatic ring is 1. The molecule has 0 spiro atoms. The van der Waals surface area contributed by atoms with E-state index in [0.29, 0.717) is 29.6 Å². The van der Waals surface area contributed by atoms with Crippen LogP contribution in [-0.2, 0) is 9.53 Å². The average molecular weight is 257 g/mol. The van der Waals surface area contributed by atoms with Gasteiger partial charge in [-0.05, 0) is 13.0 Å². The topological polar surface area (TPSA) is 73.6 Å². The van der Waals surface area contributed by atoms with Crippen LogP contribution in [0.5, 0.6) is 5.75 Å². The smallest absolute Gasteiger partial charge is 0.349 e. The van der Waals surface area contributed by atoms with Gasteiger partial charge in [0.05, 0.1) is 29.5 Å². The van der Waals surface area contributed by atoms with Crippen LogP contribution in [0.4, 0.5) is 11.4 Å². The van der Waals surface area contributed by atoms with Gasteiger partial charge in [0.2, 0.25) is 6.10 Å². The van der Waals surface area contributed by atoms with E-state index in [4.69, 9.17) is 26.8 Å². The van der Waals surface area contributed by atoms with Crippen LogP contribution in [0.3, 0.4) is 0 Å². The lowest BCUT2D eigenvalue weighted by molar-refractivity contribution is -0.150. The van der Waals surface area contributed by atoms with E-state index in [2.05, 4.69) is 5.32 Å². The molecule has 0 aliphatic carbocycles. The highest BCUT2D eigenvalue weighted by molar-refractivity contribution is 6.33. The Balaban J connectivity index is 2.18. The van der Waals surface area contributed by atoms with E-state index in [1.807, 2.05) is 0 Å². The summed E-state index contributed by atoms with van der Waals surface area (Å²) >= 11 is 5.88. The van der Waals surface area contributed by atoms with E-state index >= 15 is 0 Å². The Labute approximate surface area is 104 Å². The molecule has 0 fully saturated rings. The molecule has 1 heterocycles. The number of rotatable bonds is 2. The number of ether oxygens (including phenoxy) is 2. The van der Waals surface area contributed by atoms with Crippen molar-refractivity contribution in [1.29, 1.82) is 0 Å². The van der Waals surface area contributed by atoms with Gasteiger partial charge >= 0.3 is 5.97 Å². The third-order valence-corrected chi connectivity index (χ3v) is 2.72. The SMILES string of the molecule is CCOC(=O)C1CNc2cc(Cl)c(N)cc2O1. The van der Waals surface area contributed by atoms with Crippen LogP contribution in [0, 0.1) is 0 Å². The zero-order chi connectivity index (χ0) is 12.4. The van der Waals surface area contributed by atoms with Crippen molar-refractivity contribution >= 4 is 28.9 Å². The van der Waals surface area contributed by atoms with Crippen molar-refractivity contribution in [3.8, 4) is 5.75 Å². The lowest BCUT2D eigenvalue weighted by Gasteiger charge is -2.26. The van der Waals surface area contributed by atoms with Crippen molar-refractivity contribution in [3.63, 3.8) is 0 Å². The molecule has 2 rings (SSSR count). The number of nitrogens with one attached hydrogen (secondary N) is 1. The fourth-order valence-corrected chi connectivity index (χ4v) is 1.73. The predicted molar refractivity (Wildman–Crippen MR) is 65.4 cm³/mol. The van der Waals surface area contributed by atoms with Crippen LogP contribution in [0.15, 0.2) is 12.1 Å². The third kappa shape index (κ3) is 2.39. The molecule has 1 unspecified atom stereocenters. The van der Waals surface area contributed by atoms with Crippen LogP contribution < -0.4 is 15.8 Å². The van der Waals surface area contributed by atoms with E-state index in [-0.39, 0.29) is 5.97 Å². The minimum absolute atomic E-state index is 0.328. The zero-order valence-electron chi connectivity index (χ0n) is 9.33. The Bertz CT molecular complexity index is 451. The van der Waals surface area contributed by atoms with Gasteiger partial charge in [-0.15, -0.1) is 0 Å². The number of fused-ring (bicyclic) bond motifs is 1. The highest BCUT2D eigenvalue weighted by atomic mass is 35.5. The van der Waals surface area contributed by atoms with Crippen LogP contribution >= 0.6 is 11.6 Å². The molecule has 6 heteroatoms. The molecule has 0 saturated carbocycles. The monoisotopic (exact) mass is 256 g/mol. The maximum absolute atomic E-state index is 11.5. The molecule has 0 aromatic heterocycles. The van der Waals surface area contributed by atoms with Gasteiger partial charge in [0, 0.05) is 6.07 Å². The minimum atomic E-state index is -0.650. The molecule has 0 saturated heterocycles. The van der Waals surface area contributed by atoms with Crippen molar-refractivity contribution in [2.45, 2.75) is 13.0 Å². The van der Waals surface area contributed by atoms with Crippen LogP contribution in [0.2, 0.25) is 5.02 Å². The lowest BCUT2D eigenvalue weighted by Crippen LogP contribution is -2.39. The summed E-state index contributed by atoms with van der Waals surface area (Å²) in [5.41, 5.74) is 6.81. The zero-order valence-corrected chi connectivity index (χ0v) is 10.1. The number of benzene rings is 1. The predicted octanol–water partition coefficient (Wildman–Crippen LogP) is 1.66. The summed E-state index contributed by atoms with van der Waals surface area (Å²) in [5.74, 6) is 0.121. The summed E-state index contributed by atoms with van der Waals surface area (Å²) in [6.07, 6.45) is -0.650. The molecule has 17 heavy (non-hydrogen) atoms. The number of hydrogen-bond donors (Lipinski definition) is 2.